The maximum atomic E-state index is 5.83. The van der Waals surface area contributed by atoms with Gasteiger partial charge in [0, 0.05) is 13.5 Å². The second-order valence-corrected chi connectivity index (χ2v) is 4.27. The molecule has 0 atom stereocenters. The highest BCUT2D eigenvalue weighted by Crippen LogP contribution is 2.26. The normalized spacial score (nSPS) is 15.8. The monoisotopic (exact) mass is 227 g/mol. The van der Waals surface area contributed by atoms with Crippen molar-refractivity contribution in [2.45, 2.75) is 32.2 Å². The predicted octanol–water partition coefficient (Wildman–Crippen LogP) is 3.11. The smallest absolute Gasteiger partial charge is 0.123 e. The Morgan fingerprint density at radius 1 is 1.25 bits per heavy atom. The van der Waals surface area contributed by atoms with E-state index in [4.69, 9.17) is 10.5 Å². The molecule has 0 unspecified atom stereocenters. The standard InChI is InChI=1S/C13H19NO.FH.H2/c14-9-12-7-3-4-8-13(12)15-10-11-5-1-2-6-11;;/h3-4,7-8,11H,1-2,5-6,9-10,14H2;2*1H. The molecule has 0 bridgehead atoms. The highest BCUT2D eigenvalue weighted by molar-refractivity contribution is 5.32. The summed E-state index contributed by atoms with van der Waals surface area (Å²) in [4.78, 5) is 0. The Kier molecular flexibility index (Phi) is 5.26. The third kappa shape index (κ3) is 3.20. The van der Waals surface area contributed by atoms with Crippen LogP contribution in [0.1, 0.15) is 32.7 Å². The molecule has 0 amide bonds. The summed E-state index contributed by atoms with van der Waals surface area (Å²) in [5.74, 6) is 1.72. The predicted molar refractivity (Wildman–Crippen MR) is 66.4 cm³/mol. The summed E-state index contributed by atoms with van der Waals surface area (Å²) in [5, 5.41) is 0. The van der Waals surface area contributed by atoms with Crippen molar-refractivity contribution in [1.29, 1.82) is 0 Å². The second kappa shape index (κ2) is 6.48. The molecule has 92 valence electrons. The van der Waals surface area contributed by atoms with Gasteiger partial charge in [-0.15, -0.1) is 0 Å². The molecule has 1 aliphatic rings. The first-order chi connectivity index (χ1) is 7.40. The van der Waals surface area contributed by atoms with Crippen molar-refractivity contribution >= 4 is 0 Å². The first-order valence-corrected chi connectivity index (χ1v) is 5.81. The van der Waals surface area contributed by atoms with Crippen molar-refractivity contribution in [3.05, 3.63) is 29.8 Å². The molecule has 0 radical (unpaired) electrons. The van der Waals surface area contributed by atoms with Gasteiger partial charge in [-0.25, -0.2) is 0 Å². The van der Waals surface area contributed by atoms with Gasteiger partial charge < -0.3 is 10.5 Å². The summed E-state index contributed by atoms with van der Waals surface area (Å²) in [5.41, 5.74) is 6.76. The van der Waals surface area contributed by atoms with Crippen LogP contribution in [0.15, 0.2) is 24.3 Å². The fourth-order valence-electron chi connectivity index (χ4n) is 2.20. The Labute approximate surface area is 97.6 Å². The SMILES string of the molecule is F.NCc1ccccc1OCC1CCCC1.[HH]. The van der Waals surface area contributed by atoms with E-state index in [1.807, 2.05) is 24.3 Å². The minimum absolute atomic E-state index is 0. The molecule has 1 aromatic rings. The number of benzene rings is 1. The molecule has 2 N–H and O–H groups in total. The molecular formula is C13H22FNO. The lowest BCUT2D eigenvalue weighted by Crippen LogP contribution is -2.10. The van der Waals surface area contributed by atoms with Gasteiger partial charge in [0.15, 0.2) is 0 Å². The molecule has 0 heterocycles. The van der Waals surface area contributed by atoms with Crippen molar-refractivity contribution in [3.63, 3.8) is 0 Å². The van der Waals surface area contributed by atoms with Gasteiger partial charge in [-0.05, 0) is 24.8 Å². The summed E-state index contributed by atoms with van der Waals surface area (Å²) in [6.07, 6.45) is 5.38. The molecule has 1 saturated carbocycles. The van der Waals surface area contributed by atoms with E-state index in [1.54, 1.807) is 0 Å². The number of para-hydroxylation sites is 1. The minimum atomic E-state index is 0. The molecule has 0 aromatic heterocycles. The van der Waals surface area contributed by atoms with E-state index in [1.165, 1.54) is 25.7 Å². The van der Waals surface area contributed by atoms with Gasteiger partial charge in [0.05, 0.1) is 6.61 Å². The fourth-order valence-corrected chi connectivity index (χ4v) is 2.20. The minimum Gasteiger partial charge on any atom is -0.493 e. The lowest BCUT2D eigenvalue weighted by atomic mass is 10.1. The van der Waals surface area contributed by atoms with E-state index in [2.05, 4.69) is 0 Å². The van der Waals surface area contributed by atoms with Crippen molar-refractivity contribution in [2.75, 3.05) is 6.61 Å². The number of ether oxygens (including phenoxy) is 1. The average molecular weight is 227 g/mol. The highest BCUT2D eigenvalue weighted by Gasteiger charge is 2.15. The van der Waals surface area contributed by atoms with E-state index in [9.17, 15) is 0 Å². The first kappa shape index (κ1) is 13.0. The van der Waals surface area contributed by atoms with Gasteiger partial charge in [-0.1, -0.05) is 31.0 Å². The first-order valence-electron chi connectivity index (χ1n) is 5.81. The van der Waals surface area contributed by atoms with E-state index in [-0.39, 0.29) is 6.13 Å². The van der Waals surface area contributed by atoms with E-state index in [0.717, 1.165) is 23.8 Å². The van der Waals surface area contributed by atoms with Crippen molar-refractivity contribution < 1.29 is 10.9 Å². The van der Waals surface area contributed by atoms with Crippen LogP contribution in [0.25, 0.3) is 0 Å². The zero-order valence-electron chi connectivity index (χ0n) is 9.52. The van der Waals surface area contributed by atoms with Crippen LogP contribution in [0, 0.1) is 5.92 Å². The number of rotatable bonds is 4. The Balaban J connectivity index is 0.00000128. The lowest BCUT2D eigenvalue weighted by Gasteiger charge is -2.13. The molecule has 3 heteroatoms. The molecule has 2 rings (SSSR count). The van der Waals surface area contributed by atoms with Crippen LogP contribution in [-0.4, -0.2) is 6.61 Å². The number of nitrogens with two attached hydrogens (primary N) is 1. The van der Waals surface area contributed by atoms with Gasteiger partial charge >= 0.3 is 0 Å². The third-order valence-electron chi connectivity index (χ3n) is 3.14. The summed E-state index contributed by atoms with van der Waals surface area (Å²) in [7, 11) is 0. The van der Waals surface area contributed by atoms with Crippen LogP contribution in [0.4, 0.5) is 4.70 Å². The van der Waals surface area contributed by atoms with Gasteiger partial charge in [0.1, 0.15) is 5.75 Å². The fraction of sp³-hybridized carbons (Fsp3) is 0.538. The van der Waals surface area contributed by atoms with Crippen molar-refractivity contribution in [1.82, 2.24) is 0 Å². The Bertz CT molecular complexity index is 316. The van der Waals surface area contributed by atoms with E-state index < -0.39 is 0 Å². The zero-order valence-corrected chi connectivity index (χ0v) is 9.52. The van der Waals surface area contributed by atoms with Crippen molar-refractivity contribution in [3.8, 4) is 5.75 Å². The number of hydrogen-bond donors (Lipinski definition) is 1. The van der Waals surface area contributed by atoms with Crippen LogP contribution in [0.5, 0.6) is 5.75 Å². The van der Waals surface area contributed by atoms with E-state index >= 15 is 0 Å². The maximum absolute atomic E-state index is 5.83. The Hall–Kier alpha value is -1.09. The van der Waals surface area contributed by atoms with Gasteiger partial charge in [0.25, 0.3) is 0 Å². The molecule has 0 spiro atoms. The molecule has 1 aromatic carbocycles. The van der Waals surface area contributed by atoms with Crippen LogP contribution >= 0.6 is 0 Å². The maximum Gasteiger partial charge on any atom is 0.123 e. The molecule has 0 aliphatic heterocycles. The second-order valence-electron chi connectivity index (χ2n) is 4.27. The molecule has 0 saturated heterocycles. The average Bonchev–Trinajstić information content (AvgIpc) is 2.79. The Morgan fingerprint density at radius 3 is 2.62 bits per heavy atom. The topological polar surface area (TPSA) is 35.2 Å². The summed E-state index contributed by atoms with van der Waals surface area (Å²) >= 11 is 0. The molecule has 1 fully saturated rings. The quantitative estimate of drug-likeness (QED) is 0.857. The number of halogens is 1. The molecular weight excluding hydrogens is 205 g/mol. The lowest BCUT2D eigenvalue weighted by molar-refractivity contribution is 0.250. The van der Waals surface area contributed by atoms with Crippen molar-refractivity contribution in [2.24, 2.45) is 11.7 Å². The molecule has 2 nitrogen and oxygen atoms in total. The van der Waals surface area contributed by atoms with Crippen LogP contribution in [0.3, 0.4) is 0 Å². The summed E-state index contributed by atoms with van der Waals surface area (Å²) in [6.45, 7) is 1.41. The van der Waals surface area contributed by atoms with E-state index in [0.29, 0.717) is 6.54 Å². The zero-order chi connectivity index (χ0) is 10.5. The van der Waals surface area contributed by atoms with Crippen LogP contribution < -0.4 is 10.5 Å². The summed E-state index contributed by atoms with van der Waals surface area (Å²) < 4.78 is 5.83. The van der Waals surface area contributed by atoms with Crippen LogP contribution in [-0.2, 0) is 6.54 Å². The van der Waals surface area contributed by atoms with Gasteiger partial charge in [0.2, 0.25) is 0 Å². The molecule has 1 aliphatic carbocycles. The largest absolute Gasteiger partial charge is 0.493 e. The van der Waals surface area contributed by atoms with Gasteiger partial charge in [-0.3, -0.25) is 4.70 Å². The molecule has 16 heavy (non-hydrogen) atoms. The van der Waals surface area contributed by atoms with Gasteiger partial charge in [-0.2, -0.15) is 0 Å². The highest BCUT2D eigenvalue weighted by atomic mass is 19.0. The Morgan fingerprint density at radius 2 is 1.94 bits per heavy atom. The summed E-state index contributed by atoms with van der Waals surface area (Å²) in [6, 6.07) is 8.05. The van der Waals surface area contributed by atoms with Crippen LogP contribution in [0.2, 0.25) is 0 Å². The third-order valence-corrected chi connectivity index (χ3v) is 3.14. The number of hydrogen-bond acceptors (Lipinski definition) is 2.